The number of ether oxygens (including phenoxy) is 2. The molecule has 172 valence electrons. The first-order valence-corrected chi connectivity index (χ1v) is 10.2. The van der Waals surface area contributed by atoms with Gasteiger partial charge in [-0.05, 0) is 51.1 Å². The maximum absolute atomic E-state index is 12.7. The Hall–Kier alpha value is -3.42. The molecule has 1 N–H and O–H groups in total. The normalized spacial score (nSPS) is 12.1. The number of aryl methyl sites for hydroxylation is 1. The van der Waals surface area contributed by atoms with Gasteiger partial charge in [0.1, 0.15) is 6.04 Å². The first kappa shape index (κ1) is 24.8. The molecule has 0 radical (unpaired) electrons. The number of amides is 1. The van der Waals surface area contributed by atoms with Gasteiger partial charge in [0.15, 0.2) is 6.61 Å². The standard InChI is InChI=1S/C24H30N2O6/c1-14-12-19(16(3)26(14)18-10-8-17(9-11-18)22(29)31-7)20(27)13-32-21(28)15(2)25-23(30)24(4,5)6/h8-12,15H,13H2,1-7H3,(H,25,30)/t15-/m1/s1. The molecule has 8 heteroatoms. The fourth-order valence-electron chi connectivity index (χ4n) is 3.12. The van der Waals surface area contributed by atoms with Crippen molar-refractivity contribution in [2.24, 2.45) is 5.41 Å². The quantitative estimate of drug-likeness (QED) is 0.522. The van der Waals surface area contributed by atoms with E-state index in [9.17, 15) is 19.2 Å². The highest BCUT2D eigenvalue weighted by Crippen LogP contribution is 2.22. The fraction of sp³-hybridized carbons (Fsp3) is 0.417. The summed E-state index contributed by atoms with van der Waals surface area (Å²) in [6.45, 7) is 9.95. The lowest BCUT2D eigenvalue weighted by molar-refractivity contribution is -0.147. The summed E-state index contributed by atoms with van der Waals surface area (Å²) in [5, 5.41) is 2.58. The van der Waals surface area contributed by atoms with Gasteiger partial charge in [0, 0.05) is 28.1 Å². The van der Waals surface area contributed by atoms with Gasteiger partial charge < -0.3 is 19.4 Å². The first-order chi connectivity index (χ1) is 14.9. The summed E-state index contributed by atoms with van der Waals surface area (Å²) in [7, 11) is 1.32. The van der Waals surface area contributed by atoms with Gasteiger partial charge in [-0.25, -0.2) is 9.59 Å². The minimum absolute atomic E-state index is 0.282. The Morgan fingerprint density at radius 1 is 1.06 bits per heavy atom. The number of carbonyl (C=O) groups is 4. The molecule has 1 amide bonds. The van der Waals surface area contributed by atoms with Gasteiger partial charge >= 0.3 is 11.9 Å². The molecule has 0 saturated heterocycles. The molecule has 1 aromatic heterocycles. The lowest BCUT2D eigenvalue weighted by atomic mass is 9.95. The average Bonchev–Trinajstić information content (AvgIpc) is 3.04. The van der Waals surface area contributed by atoms with Crippen molar-refractivity contribution >= 4 is 23.6 Å². The zero-order valence-corrected chi connectivity index (χ0v) is 19.6. The number of Topliss-reactive ketones (excluding diaryl/α,β-unsaturated/α-hetero) is 1. The number of benzene rings is 1. The number of esters is 2. The van der Waals surface area contributed by atoms with Gasteiger partial charge in [-0.15, -0.1) is 0 Å². The minimum atomic E-state index is -0.865. The van der Waals surface area contributed by atoms with E-state index in [1.807, 2.05) is 11.5 Å². The number of ketones is 1. The largest absolute Gasteiger partial charge is 0.465 e. The number of hydrogen-bond acceptors (Lipinski definition) is 6. The summed E-state index contributed by atoms with van der Waals surface area (Å²) >= 11 is 0. The van der Waals surface area contributed by atoms with Crippen LogP contribution in [0.25, 0.3) is 5.69 Å². The monoisotopic (exact) mass is 442 g/mol. The van der Waals surface area contributed by atoms with Crippen LogP contribution in [-0.2, 0) is 19.1 Å². The van der Waals surface area contributed by atoms with E-state index in [4.69, 9.17) is 9.47 Å². The van der Waals surface area contributed by atoms with Crippen LogP contribution in [0.5, 0.6) is 0 Å². The van der Waals surface area contributed by atoms with Gasteiger partial charge in [-0.1, -0.05) is 20.8 Å². The van der Waals surface area contributed by atoms with E-state index >= 15 is 0 Å². The Kier molecular flexibility index (Phi) is 7.61. The van der Waals surface area contributed by atoms with Gasteiger partial charge in [-0.3, -0.25) is 9.59 Å². The molecule has 32 heavy (non-hydrogen) atoms. The molecule has 1 heterocycles. The topological polar surface area (TPSA) is 104 Å². The van der Waals surface area contributed by atoms with Gasteiger partial charge in [0.2, 0.25) is 11.7 Å². The summed E-state index contributed by atoms with van der Waals surface area (Å²) in [6, 6.07) is 7.69. The SMILES string of the molecule is COC(=O)c1ccc(-n2c(C)cc(C(=O)COC(=O)[C@@H](C)NC(=O)C(C)(C)C)c2C)cc1. The highest BCUT2D eigenvalue weighted by molar-refractivity contribution is 6.00. The van der Waals surface area contributed by atoms with Crippen molar-refractivity contribution in [2.75, 3.05) is 13.7 Å². The van der Waals surface area contributed by atoms with Crippen LogP contribution in [0.2, 0.25) is 0 Å². The second-order valence-electron chi connectivity index (χ2n) is 8.63. The van der Waals surface area contributed by atoms with E-state index in [1.54, 1.807) is 58.0 Å². The Morgan fingerprint density at radius 2 is 1.66 bits per heavy atom. The van der Waals surface area contributed by atoms with E-state index in [-0.39, 0.29) is 11.7 Å². The van der Waals surface area contributed by atoms with Crippen molar-refractivity contribution < 1.29 is 28.7 Å². The van der Waals surface area contributed by atoms with Gasteiger partial charge in [0.05, 0.1) is 12.7 Å². The molecule has 2 rings (SSSR count). The number of nitrogens with one attached hydrogen (secondary N) is 1. The molecule has 0 spiro atoms. The average molecular weight is 443 g/mol. The molecule has 0 unspecified atom stereocenters. The van der Waals surface area contributed by atoms with E-state index in [0.29, 0.717) is 16.8 Å². The van der Waals surface area contributed by atoms with Crippen molar-refractivity contribution in [3.05, 3.63) is 52.8 Å². The van der Waals surface area contributed by atoms with Crippen molar-refractivity contribution in [2.45, 2.75) is 47.6 Å². The van der Waals surface area contributed by atoms with E-state index in [1.165, 1.54) is 14.0 Å². The predicted octanol–water partition coefficient (Wildman–Crippen LogP) is 3.16. The van der Waals surface area contributed by atoms with Crippen molar-refractivity contribution in [1.82, 2.24) is 9.88 Å². The zero-order chi connectivity index (χ0) is 24.2. The fourth-order valence-corrected chi connectivity index (χ4v) is 3.12. The summed E-state index contributed by atoms with van der Waals surface area (Å²) in [4.78, 5) is 48.6. The number of rotatable bonds is 7. The maximum atomic E-state index is 12.7. The van der Waals surface area contributed by atoms with Crippen LogP contribution in [0.4, 0.5) is 0 Å². The minimum Gasteiger partial charge on any atom is -0.465 e. The Bertz CT molecular complexity index is 1030. The third-order valence-electron chi connectivity index (χ3n) is 5.01. The molecule has 1 atom stereocenters. The number of methoxy groups -OCH3 is 1. The lowest BCUT2D eigenvalue weighted by Gasteiger charge is -2.20. The molecule has 0 aliphatic carbocycles. The molecular formula is C24H30N2O6. The summed E-state index contributed by atoms with van der Waals surface area (Å²) in [5.74, 6) is -1.74. The van der Waals surface area contributed by atoms with Gasteiger partial charge in [-0.2, -0.15) is 0 Å². The highest BCUT2D eigenvalue weighted by atomic mass is 16.5. The summed E-state index contributed by atoms with van der Waals surface area (Å²) in [6.07, 6.45) is 0. The Balaban J connectivity index is 2.10. The van der Waals surface area contributed by atoms with Crippen LogP contribution in [-0.4, -0.2) is 48.0 Å². The van der Waals surface area contributed by atoms with Crippen LogP contribution in [0.1, 0.15) is 59.8 Å². The van der Waals surface area contributed by atoms with E-state index in [2.05, 4.69) is 5.32 Å². The second kappa shape index (κ2) is 9.80. The van der Waals surface area contributed by atoms with Crippen LogP contribution >= 0.6 is 0 Å². The molecule has 2 aromatic rings. The van der Waals surface area contributed by atoms with E-state index in [0.717, 1.165) is 11.4 Å². The van der Waals surface area contributed by atoms with Crippen LogP contribution in [0.3, 0.4) is 0 Å². The smallest absolute Gasteiger partial charge is 0.337 e. The third kappa shape index (κ3) is 5.63. The molecular weight excluding hydrogens is 412 g/mol. The Morgan fingerprint density at radius 3 is 2.19 bits per heavy atom. The van der Waals surface area contributed by atoms with E-state index < -0.39 is 30.0 Å². The number of hydrogen-bond donors (Lipinski definition) is 1. The lowest BCUT2D eigenvalue weighted by Crippen LogP contribution is -2.45. The zero-order valence-electron chi connectivity index (χ0n) is 19.6. The second-order valence-corrected chi connectivity index (χ2v) is 8.63. The summed E-state index contributed by atoms with van der Waals surface area (Å²) < 4.78 is 11.7. The Labute approximate surface area is 187 Å². The number of nitrogens with zero attached hydrogens (tertiary/aromatic N) is 1. The number of carbonyl (C=O) groups excluding carboxylic acids is 4. The molecule has 0 aliphatic heterocycles. The third-order valence-corrected chi connectivity index (χ3v) is 5.01. The maximum Gasteiger partial charge on any atom is 0.337 e. The molecule has 0 aliphatic rings. The predicted molar refractivity (Wildman–Crippen MR) is 119 cm³/mol. The van der Waals surface area contributed by atoms with Crippen LogP contribution in [0, 0.1) is 19.3 Å². The molecule has 0 fully saturated rings. The molecule has 1 aromatic carbocycles. The molecule has 0 bridgehead atoms. The first-order valence-electron chi connectivity index (χ1n) is 10.2. The molecule has 0 saturated carbocycles. The van der Waals surface area contributed by atoms with Crippen LogP contribution < -0.4 is 5.32 Å². The van der Waals surface area contributed by atoms with Crippen molar-refractivity contribution in [1.29, 1.82) is 0 Å². The molecule has 8 nitrogen and oxygen atoms in total. The van der Waals surface area contributed by atoms with Crippen molar-refractivity contribution in [3.63, 3.8) is 0 Å². The summed E-state index contributed by atoms with van der Waals surface area (Å²) in [5.41, 5.74) is 2.49. The van der Waals surface area contributed by atoms with Crippen LogP contribution in [0.15, 0.2) is 30.3 Å². The van der Waals surface area contributed by atoms with Gasteiger partial charge in [0.25, 0.3) is 0 Å². The van der Waals surface area contributed by atoms with Crippen molar-refractivity contribution in [3.8, 4) is 5.69 Å². The highest BCUT2D eigenvalue weighted by Gasteiger charge is 2.26. The number of aromatic nitrogens is 1.